The first-order valence-corrected chi connectivity index (χ1v) is 5.96. The second-order valence-electron chi connectivity index (χ2n) is 5.20. The van der Waals surface area contributed by atoms with Crippen LogP contribution in [0.4, 0.5) is 0 Å². The number of amides is 2. The smallest absolute Gasteiger partial charge is 0.305 e. The lowest BCUT2D eigenvalue weighted by atomic mass is 9.96. The number of carboxylic acid groups (broad SMARTS) is 1. The van der Waals surface area contributed by atoms with Gasteiger partial charge in [-0.05, 0) is 6.42 Å². The Morgan fingerprint density at radius 1 is 1.22 bits per heavy atom. The predicted molar refractivity (Wildman–Crippen MR) is 66.9 cm³/mol. The first kappa shape index (κ1) is 16.4. The average Bonchev–Trinajstić information content (AvgIpc) is 2.22. The highest BCUT2D eigenvalue weighted by molar-refractivity contribution is 5.87. The van der Waals surface area contributed by atoms with E-state index in [1.165, 1.54) is 0 Å². The van der Waals surface area contributed by atoms with Crippen LogP contribution in [0, 0.1) is 5.41 Å². The van der Waals surface area contributed by atoms with Crippen LogP contribution in [0.5, 0.6) is 0 Å². The number of aliphatic carboxylic acids is 1. The summed E-state index contributed by atoms with van der Waals surface area (Å²) < 4.78 is 0. The summed E-state index contributed by atoms with van der Waals surface area (Å²) in [4.78, 5) is 33.6. The molecule has 0 aliphatic carbocycles. The lowest BCUT2D eigenvalue weighted by Crippen LogP contribution is -2.45. The Balaban J connectivity index is 4.11. The molecule has 0 rings (SSSR count). The van der Waals surface area contributed by atoms with Gasteiger partial charge >= 0.3 is 5.97 Å². The fourth-order valence-electron chi connectivity index (χ4n) is 1.21. The summed E-state index contributed by atoms with van der Waals surface area (Å²) in [5.41, 5.74) is -0.550. The molecule has 104 valence electrons. The van der Waals surface area contributed by atoms with E-state index in [4.69, 9.17) is 5.11 Å². The molecule has 0 aliphatic heterocycles. The van der Waals surface area contributed by atoms with Gasteiger partial charge in [-0.3, -0.25) is 14.4 Å². The fraction of sp³-hybridized carbons (Fsp3) is 0.750. The van der Waals surface area contributed by atoms with Crippen LogP contribution >= 0.6 is 0 Å². The normalized spacial score (nSPS) is 12.7. The highest BCUT2D eigenvalue weighted by Crippen LogP contribution is 2.11. The number of hydrogen-bond acceptors (Lipinski definition) is 3. The van der Waals surface area contributed by atoms with Crippen molar-refractivity contribution in [2.75, 3.05) is 6.54 Å². The van der Waals surface area contributed by atoms with E-state index in [-0.39, 0.29) is 24.8 Å². The Hall–Kier alpha value is -1.59. The number of carbonyl (C=O) groups is 3. The van der Waals surface area contributed by atoms with Crippen molar-refractivity contribution in [3.8, 4) is 0 Å². The first-order chi connectivity index (χ1) is 8.16. The zero-order chi connectivity index (χ0) is 14.3. The monoisotopic (exact) mass is 258 g/mol. The van der Waals surface area contributed by atoms with Crippen molar-refractivity contribution in [2.45, 2.75) is 46.6 Å². The van der Waals surface area contributed by atoms with Gasteiger partial charge in [0.05, 0.1) is 13.0 Å². The second-order valence-corrected chi connectivity index (χ2v) is 5.20. The molecule has 0 aromatic carbocycles. The molecule has 0 fully saturated rings. The summed E-state index contributed by atoms with van der Waals surface area (Å²) in [7, 11) is 0. The van der Waals surface area contributed by atoms with Crippen LogP contribution in [0.25, 0.3) is 0 Å². The third kappa shape index (κ3) is 6.88. The predicted octanol–water partition coefficient (Wildman–Crippen LogP) is 0.518. The summed E-state index contributed by atoms with van der Waals surface area (Å²) in [6.45, 7) is 6.91. The molecule has 0 heterocycles. The standard InChI is InChI=1S/C12H22N2O4/c1-5-8(6-10(16)17)14-9(15)7-13-11(18)12(2,3)4/h8H,5-7H2,1-4H3,(H,13,18)(H,14,15)(H,16,17). The SMILES string of the molecule is CCC(CC(=O)O)NC(=O)CNC(=O)C(C)(C)C. The van der Waals surface area contributed by atoms with E-state index in [9.17, 15) is 14.4 Å². The van der Waals surface area contributed by atoms with Crippen LogP contribution < -0.4 is 10.6 Å². The highest BCUT2D eigenvalue weighted by Gasteiger charge is 2.22. The number of carboxylic acids is 1. The van der Waals surface area contributed by atoms with Gasteiger partial charge in [0.2, 0.25) is 11.8 Å². The van der Waals surface area contributed by atoms with E-state index in [1.54, 1.807) is 27.7 Å². The maximum atomic E-state index is 11.5. The van der Waals surface area contributed by atoms with Crippen LogP contribution in [0.3, 0.4) is 0 Å². The van der Waals surface area contributed by atoms with Gasteiger partial charge in [0.15, 0.2) is 0 Å². The molecule has 0 saturated carbocycles. The Morgan fingerprint density at radius 2 is 1.78 bits per heavy atom. The van der Waals surface area contributed by atoms with Gasteiger partial charge in [-0.15, -0.1) is 0 Å². The molecule has 18 heavy (non-hydrogen) atoms. The minimum absolute atomic E-state index is 0.116. The molecule has 0 aromatic rings. The molecule has 1 unspecified atom stereocenters. The first-order valence-electron chi connectivity index (χ1n) is 5.96. The second kappa shape index (κ2) is 6.98. The molecule has 0 radical (unpaired) electrons. The molecule has 6 nitrogen and oxygen atoms in total. The lowest BCUT2D eigenvalue weighted by Gasteiger charge is -2.19. The summed E-state index contributed by atoms with van der Waals surface area (Å²) >= 11 is 0. The van der Waals surface area contributed by atoms with Crippen molar-refractivity contribution >= 4 is 17.8 Å². The van der Waals surface area contributed by atoms with E-state index in [0.717, 1.165) is 0 Å². The molecule has 0 aromatic heterocycles. The molecule has 0 bridgehead atoms. The Bertz CT molecular complexity index is 321. The largest absolute Gasteiger partial charge is 0.481 e. The summed E-state index contributed by atoms with van der Waals surface area (Å²) in [6.07, 6.45) is 0.417. The molecule has 2 amide bonds. The number of hydrogen-bond donors (Lipinski definition) is 3. The van der Waals surface area contributed by atoms with Gasteiger partial charge in [0.1, 0.15) is 0 Å². The van der Waals surface area contributed by atoms with Crippen molar-refractivity contribution in [1.82, 2.24) is 10.6 Å². The van der Waals surface area contributed by atoms with Crippen LogP contribution in [0.1, 0.15) is 40.5 Å². The van der Waals surface area contributed by atoms with Crippen LogP contribution in [-0.4, -0.2) is 35.5 Å². The quantitative estimate of drug-likeness (QED) is 0.647. The third-order valence-corrected chi connectivity index (χ3v) is 2.37. The molecular weight excluding hydrogens is 236 g/mol. The van der Waals surface area contributed by atoms with Crippen molar-refractivity contribution in [3.05, 3.63) is 0 Å². The Kier molecular flexibility index (Phi) is 6.36. The van der Waals surface area contributed by atoms with Gasteiger partial charge in [-0.1, -0.05) is 27.7 Å². The molecule has 0 saturated heterocycles. The number of rotatable bonds is 6. The summed E-state index contributed by atoms with van der Waals surface area (Å²) in [6, 6.07) is -0.401. The third-order valence-electron chi connectivity index (χ3n) is 2.37. The molecular formula is C12H22N2O4. The maximum absolute atomic E-state index is 11.5. The van der Waals surface area contributed by atoms with E-state index in [1.807, 2.05) is 0 Å². The molecule has 3 N–H and O–H groups in total. The highest BCUT2D eigenvalue weighted by atomic mass is 16.4. The van der Waals surface area contributed by atoms with Crippen molar-refractivity contribution in [2.24, 2.45) is 5.41 Å². The van der Waals surface area contributed by atoms with E-state index in [2.05, 4.69) is 10.6 Å². The molecule has 0 spiro atoms. The van der Waals surface area contributed by atoms with Gasteiger partial charge in [-0.2, -0.15) is 0 Å². The number of nitrogens with one attached hydrogen (secondary N) is 2. The van der Waals surface area contributed by atoms with Gasteiger partial charge in [-0.25, -0.2) is 0 Å². The Labute approximate surface area is 107 Å². The van der Waals surface area contributed by atoms with Crippen molar-refractivity contribution in [1.29, 1.82) is 0 Å². The minimum atomic E-state index is -0.958. The van der Waals surface area contributed by atoms with Crippen LogP contribution in [0.15, 0.2) is 0 Å². The van der Waals surface area contributed by atoms with E-state index < -0.39 is 17.4 Å². The van der Waals surface area contributed by atoms with Gasteiger partial charge < -0.3 is 15.7 Å². The maximum Gasteiger partial charge on any atom is 0.305 e. The fourth-order valence-corrected chi connectivity index (χ4v) is 1.21. The van der Waals surface area contributed by atoms with Crippen molar-refractivity contribution in [3.63, 3.8) is 0 Å². The summed E-state index contributed by atoms with van der Waals surface area (Å²) in [5, 5.41) is 13.7. The topological polar surface area (TPSA) is 95.5 Å². The zero-order valence-corrected chi connectivity index (χ0v) is 11.4. The van der Waals surface area contributed by atoms with Gasteiger partial charge in [0, 0.05) is 11.5 Å². The van der Waals surface area contributed by atoms with Crippen LogP contribution in [-0.2, 0) is 14.4 Å². The summed E-state index contributed by atoms with van der Waals surface area (Å²) in [5.74, 6) is -1.55. The minimum Gasteiger partial charge on any atom is -0.481 e. The average molecular weight is 258 g/mol. The molecule has 0 aliphatic rings. The molecule has 6 heteroatoms. The van der Waals surface area contributed by atoms with E-state index >= 15 is 0 Å². The Morgan fingerprint density at radius 3 is 2.17 bits per heavy atom. The lowest BCUT2D eigenvalue weighted by molar-refractivity contribution is -0.138. The van der Waals surface area contributed by atoms with Gasteiger partial charge in [0.25, 0.3) is 0 Å². The van der Waals surface area contributed by atoms with Crippen LogP contribution in [0.2, 0.25) is 0 Å². The zero-order valence-electron chi connectivity index (χ0n) is 11.4. The number of carbonyl (C=O) groups excluding carboxylic acids is 2. The van der Waals surface area contributed by atoms with Crippen molar-refractivity contribution < 1.29 is 19.5 Å². The molecule has 1 atom stereocenters. The van der Waals surface area contributed by atoms with E-state index in [0.29, 0.717) is 6.42 Å².